The van der Waals surface area contributed by atoms with Crippen molar-refractivity contribution in [3.63, 3.8) is 0 Å². The summed E-state index contributed by atoms with van der Waals surface area (Å²) in [6.07, 6.45) is 1.04. The third kappa shape index (κ3) is 5.03. The Bertz CT molecular complexity index is 489. The normalized spacial score (nSPS) is 11.2. The van der Waals surface area contributed by atoms with Crippen molar-refractivity contribution in [1.82, 2.24) is 4.90 Å². The number of benzene rings is 1. The smallest absolute Gasteiger partial charge is 0.335 e. The third-order valence-electron chi connectivity index (χ3n) is 3.07. The van der Waals surface area contributed by atoms with Gasteiger partial charge in [-0.05, 0) is 23.5 Å². The molecule has 0 aliphatic rings. The minimum Gasteiger partial charge on any atom is -0.478 e. The standard InChI is InChI=1S/C16H23NO3/c1-16(2,3)11-14(18)17(4)10-9-12-7-5-6-8-13(12)15(19)20/h5-8H,9-11H2,1-4H3,(H,19,20). The molecule has 4 nitrogen and oxygen atoms in total. The van der Waals surface area contributed by atoms with Crippen molar-refractivity contribution >= 4 is 11.9 Å². The highest BCUT2D eigenvalue weighted by Crippen LogP contribution is 2.19. The molecule has 0 atom stereocenters. The Morgan fingerprint density at radius 1 is 1.20 bits per heavy atom. The van der Waals surface area contributed by atoms with Crippen LogP contribution in [0.3, 0.4) is 0 Å². The van der Waals surface area contributed by atoms with Crippen LogP contribution in [-0.2, 0) is 11.2 Å². The first-order chi connectivity index (χ1) is 9.20. The van der Waals surface area contributed by atoms with E-state index in [-0.39, 0.29) is 11.3 Å². The number of aromatic carboxylic acids is 1. The quantitative estimate of drug-likeness (QED) is 0.900. The van der Waals surface area contributed by atoms with Gasteiger partial charge in [0.05, 0.1) is 5.56 Å². The minimum atomic E-state index is -0.927. The number of carboxylic acid groups (broad SMARTS) is 1. The van der Waals surface area contributed by atoms with Crippen LogP contribution in [0.5, 0.6) is 0 Å². The Morgan fingerprint density at radius 2 is 1.80 bits per heavy atom. The van der Waals surface area contributed by atoms with Gasteiger partial charge in [0.2, 0.25) is 5.91 Å². The molecule has 0 fully saturated rings. The molecular formula is C16H23NO3. The Morgan fingerprint density at radius 3 is 2.35 bits per heavy atom. The molecule has 0 unspecified atom stereocenters. The largest absolute Gasteiger partial charge is 0.478 e. The van der Waals surface area contributed by atoms with E-state index in [1.54, 1.807) is 30.1 Å². The number of nitrogens with zero attached hydrogens (tertiary/aromatic N) is 1. The van der Waals surface area contributed by atoms with Crippen LogP contribution in [0.25, 0.3) is 0 Å². The van der Waals surface area contributed by atoms with Crippen LogP contribution in [0.1, 0.15) is 43.1 Å². The van der Waals surface area contributed by atoms with E-state index in [1.807, 2.05) is 26.8 Å². The SMILES string of the molecule is CN(CCc1ccccc1C(=O)O)C(=O)CC(C)(C)C. The molecule has 4 heteroatoms. The zero-order valence-electron chi connectivity index (χ0n) is 12.6. The Balaban J connectivity index is 2.64. The zero-order chi connectivity index (χ0) is 15.3. The van der Waals surface area contributed by atoms with E-state index < -0.39 is 5.97 Å². The maximum absolute atomic E-state index is 12.0. The predicted octanol–water partition coefficient (Wildman–Crippen LogP) is 2.82. The average Bonchev–Trinajstić information content (AvgIpc) is 2.34. The highest BCUT2D eigenvalue weighted by molar-refractivity contribution is 5.89. The average molecular weight is 277 g/mol. The van der Waals surface area contributed by atoms with Gasteiger partial charge in [0.15, 0.2) is 0 Å². The van der Waals surface area contributed by atoms with Crippen LogP contribution < -0.4 is 0 Å². The van der Waals surface area contributed by atoms with Gasteiger partial charge in [-0.15, -0.1) is 0 Å². The molecule has 0 saturated heterocycles. The molecule has 1 rings (SSSR count). The van der Waals surface area contributed by atoms with Crippen LogP contribution in [0.2, 0.25) is 0 Å². The molecule has 0 saturated carbocycles. The minimum absolute atomic E-state index is 0.0374. The van der Waals surface area contributed by atoms with Gasteiger partial charge >= 0.3 is 5.97 Å². The van der Waals surface area contributed by atoms with Crippen LogP contribution in [0.4, 0.5) is 0 Å². The lowest BCUT2D eigenvalue weighted by molar-refractivity contribution is -0.131. The van der Waals surface area contributed by atoms with Crippen LogP contribution in [0.15, 0.2) is 24.3 Å². The predicted molar refractivity (Wildman–Crippen MR) is 78.8 cm³/mol. The number of amides is 1. The molecule has 0 aromatic heterocycles. The molecule has 0 bridgehead atoms. The molecule has 1 aromatic carbocycles. The highest BCUT2D eigenvalue weighted by Gasteiger charge is 2.19. The van der Waals surface area contributed by atoms with Crippen molar-refractivity contribution in [1.29, 1.82) is 0 Å². The number of carbonyl (C=O) groups excluding carboxylic acids is 1. The first kappa shape index (κ1) is 16.2. The lowest BCUT2D eigenvalue weighted by Crippen LogP contribution is -2.31. The molecule has 0 aliphatic heterocycles. The highest BCUT2D eigenvalue weighted by atomic mass is 16.4. The fourth-order valence-electron chi connectivity index (χ4n) is 1.95. The van der Waals surface area contributed by atoms with E-state index in [2.05, 4.69) is 0 Å². The summed E-state index contributed by atoms with van der Waals surface area (Å²) >= 11 is 0. The van der Waals surface area contributed by atoms with E-state index in [0.717, 1.165) is 5.56 Å². The number of carbonyl (C=O) groups is 2. The fourth-order valence-corrected chi connectivity index (χ4v) is 1.95. The van der Waals surface area contributed by atoms with Gasteiger partial charge in [0.25, 0.3) is 0 Å². The summed E-state index contributed by atoms with van der Waals surface area (Å²) in [4.78, 5) is 24.8. The van der Waals surface area contributed by atoms with Crippen LogP contribution in [0, 0.1) is 5.41 Å². The zero-order valence-corrected chi connectivity index (χ0v) is 12.6. The van der Waals surface area contributed by atoms with Crippen molar-refractivity contribution in [2.75, 3.05) is 13.6 Å². The van der Waals surface area contributed by atoms with Gasteiger partial charge in [-0.3, -0.25) is 4.79 Å². The van der Waals surface area contributed by atoms with E-state index in [9.17, 15) is 9.59 Å². The fraction of sp³-hybridized carbons (Fsp3) is 0.500. The summed E-state index contributed by atoms with van der Waals surface area (Å²) in [5.74, 6) is -0.838. The molecule has 20 heavy (non-hydrogen) atoms. The number of likely N-dealkylation sites (N-methyl/N-ethyl adjacent to an activating group) is 1. The Hall–Kier alpha value is -1.84. The second-order valence-electron chi connectivity index (χ2n) is 6.27. The second kappa shape index (κ2) is 6.55. The van der Waals surface area contributed by atoms with Gasteiger partial charge in [0, 0.05) is 20.0 Å². The number of rotatable bonds is 5. The summed E-state index contributed by atoms with van der Waals surface area (Å²) in [5, 5.41) is 9.11. The first-order valence-electron chi connectivity index (χ1n) is 6.76. The van der Waals surface area contributed by atoms with Gasteiger partial charge in [-0.1, -0.05) is 39.0 Å². The molecular weight excluding hydrogens is 254 g/mol. The molecule has 0 aliphatic carbocycles. The van der Waals surface area contributed by atoms with E-state index in [4.69, 9.17) is 5.11 Å². The van der Waals surface area contributed by atoms with Gasteiger partial charge in [-0.25, -0.2) is 4.79 Å². The molecule has 0 spiro atoms. The number of hydrogen-bond donors (Lipinski definition) is 1. The second-order valence-corrected chi connectivity index (χ2v) is 6.27. The van der Waals surface area contributed by atoms with Crippen LogP contribution in [-0.4, -0.2) is 35.5 Å². The van der Waals surface area contributed by atoms with Gasteiger partial charge < -0.3 is 10.0 Å². The maximum atomic E-state index is 12.0. The third-order valence-corrected chi connectivity index (χ3v) is 3.07. The van der Waals surface area contributed by atoms with Crippen molar-refractivity contribution < 1.29 is 14.7 Å². The van der Waals surface area contributed by atoms with Gasteiger partial charge in [0.1, 0.15) is 0 Å². The summed E-state index contributed by atoms with van der Waals surface area (Å²) in [6.45, 7) is 6.61. The lowest BCUT2D eigenvalue weighted by Gasteiger charge is -2.23. The van der Waals surface area contributed by atoms with Crippen molar-refractivity contribution in [3.8, 4) is 0 Å². The summed E-state index contributed by atoms with van der Waals surface area (Å²) in [6, 6.07) is 6.92. The van der Waals surface area contributed by atoms with Crippen molar-refractivity contribution in [3.05, 3.63) is 35.4 Å². The summed E-state index contributed by atoms with van der Waals surface area (Å²) in [5.41, 5.74) is 1.03. The number of carboxylic acids is 1. The van der Waals surface area contributed by atoms with Crippen molar-refractivity contribution in [2.24, 2.45) is 5.41 Å². The molecule has 1 N–H and O–H groups in total. The Kier molecular flexibility index (Phi) is 5.31. The van der Waals surface area contributed by atoms with E-state index in [0.29, 0.717) is 24.9 Å². The van der Waals surface area contributed by atoms with Crippen molar-refractivity contribution in [2.45, 2.75) is 33.6 Å². The van der Waals surface area contributed by atoms with E-state index >= 15 is 0 Å². The van der Waals surface area contributed by atoms with Crippen LogP contribution >= 0.6 is 0 Å². The number of hydrogen-bond acceptors (Lipinski definition) is 2. The monoisotopic (exact) mass is 277 g/mol. The molecule has 0 heterocycles. The molecule has 0 radical (unpaired) electrons. The Labute approximate surface area is 120 Å². The lowest BCUT2D eigenvalue weighted by atomic mass is 9.91. The molecule has 1 amide bonds. The first-order valence-corrected chi connectivity index (χ1v) is 6.76. The summed E-state index contributed by atoms with van der Waals surface area (Å²) < 4.78 is 0. The summed E-state index contributed by atoms with van der Waals surface area (Å²) in [7, 11) is 1.76. The van der Waals surface area contributed by atoms with E-state index in [1.165, 1.54) is 0 Å². The maximum Gasteiger partial charge on any atom is 0.335 e. The molecule has 1 aromatic rings. The topological polar surface area (TPSA) is 57.6 Å². The molecule has 110 valence electrons. The van der Waals surface area contributed by atoms with Gasteiger partial charge in [-0.2, -0.15) is 0 Å².